The number of hydrogen-bond acceptors (Lipinski definition) is 4. The van der Waals surface area contributed by atoms with E-state index >= 15 is 0 Å². The molecule has 5 heteroatoms. The Morgan fingerprint density at radius 1 is 1.44 bits per heavy atom. The normalized spacial score (nSPS) is 25.0. The number of aryl methyl sites for hydroxylation is 1. The highest BCUT2D eigenvalue weighted by Gasteiger charge is 2.38. The second-order valence-electron chi connectivity index (χ2n) is 4.90. The minimum atomic E-state index is -0.00697. The zero-order chi connectivity index (χ0) is 12.6. The number of nitriles is 1. The molecule has 0 radical (unpaired) electrons. The minimum Gasteiger partial charge on any atom is -0.348 e. The number of halogens is 1. The summed E-state index contributed by atoms with van der Waals surface area (Å²) < 4.78 is 1.12. The van der Waals surface area contributed by atoms with Gasteiger partial charge in [0.15, 0.2) is 6.19 Å². The monoisotopic (exact) mass is 304 g/mol. The number of rotatable bonds is 0. The molecule has 0 fully saturated rings. The van der Waals surface area contributed by atoms with Crippen LogP contribution in [0.2, 0.25) is 0 Å². The molecule has 92 valence electrons. The lowest BCUT2D eigenvalue weighted by molar-refractivity contribution is 0.361. The summed E-state index contributed by atoms with van der Waals surface area (Å²) in [7, 11) is 0. The predicted octanol–water partition coefficient (Wildman–Crippen LogP) is 1.71. The van der Waals surface area contributed by atoms with Gasteiger partial charge in [-0.05, 0) is 42.5 Å². The quantitative estimate of drug-likeness (QED) is 0.566. The van der Waals surface area contributed by atoms with E-state index in [-0.39, 0.29) is 5.54 Å². The third-order valence-electron chi connectivity index (χ3n) is 3.67. The van der Waals surface area contributed by atoms with E-state index in [1.807, 2.05) is 6.19 Å². The molecule has 1 heterocycles. The minimum absolute atomic E-state index is 0.00697. The summed E-state index contributed by atoms with van der Waals surface area (Å²) in [5, 5.41) is 14.6. The van der Waals surface area contributed by atoms with Crippen molar-refractivity contribution in [2.45, 2.75) is 24.8 Å². The Morgan fingerprint density at radius 2 is 2.33 bits per heavy atom. The molecule has 3 rings (SSSR count). The predicted molar refractivity (Wildman–Crippen MR) is 73.1 cm³/mol. The molecule has 0 saturated heterocycles. The number of fused-ring (bicyclic) bond motifs is 1. The smallest absolute Gasteiger partial charge is 0.205 e. The SMILES string of the molecule is N#CNC1=NCC2(CCc3ccc(Br)cc3C2)N1. The van der Waals surface area contributed by atoms with Crippen LogP contribution in [0.25, 0.3) is 0 Å². The number of nitrogens with one attached hydrogen (secondary N) is 2. The fraction of sp³-hybridized carbons (Fsp3) is 0.385. The van der Waals surface area contributed by atoms with E-state index in [9.17, 15) is 0 Å². The van der Waals surface area contributed by atoms with Crippen molar-refractivity contribution in [1.29, 1.82) is 5.26 Å². The molecular formula is C13H13BrN4. The lowest BCUT2D eigenvalue weighted by Gasteiger charge is -2.34. The van der Waals surface area contributed by atoms with Gasteiger partial charge >= 0.3 is 0 Å². The highest BCUT2D eigenvalue weighted by atomic mass is 79.9. The van der Waals surface area contributed by atoms with E-state index in [2.05, 4.69) is 49.8 Å². The number of nitrogens with zero attached hydrogens (tertiary/aromatic N) is 2. The van der Waals surface area contributed by atoms with Crippen LogP contribution in [0.4, 0.5) is 0 Å². The highest BCUT2D eigenvalue weighted by molar-refractivity contribution is 9.10. The average molecular weight is 305 g/mol. The maximum atomic E-state index is 8.62. The molecular weight excluding hydrogens is 292 g/mol. The maximum Gasteiger partial charge on any atom is 0.205 e. The zero-order valence-corrected chi connectivity index (χ0v) is 11.4. The van der Waals surface area contributed by atoms with Crippen LogP contribution in [0, 0.1) is 11.5 Å². The van der Waals surface area contributed by atoms with Crippen LogP contribution in [-0.2, 0) is 12.8 Å². The fourth-order valence-electron chi connectivity index (χ4n) is 2.76. The number of benzene rings is 1. The van der Waals surface area contributed by atoms with Crippen LogP contribution in [-0.4, -0.2) is 18.0 Å². The van der Waals surface area contributed by atoms with E-state index in [1.54, 1.807) is 0 Å². The molecule has 1 aliphatic heterocycles. The van der Waals surface area contributed by atoms with Gasteiger partial charge in [0.05, 0.1) is 12.1 Å². The zero-order valence-electron chi connectivity index (χ0n) is 9.83. The van der Waals surface area contributed by atoms with Crippen LogP contribution >= 0.6 is 15.9 Å². The Labute approximate surface area is 114 Å². The van der Waals surface area contributed by atoms with Gasteiger partial charge in [0.2, 0.25) is 5.96 Å². The third-order valence-corrected chi connectivity index (χ3v) is 4.16. The van der Waals surface area contributed by atoms with Crippen LogP contribution in [0.1, 0.15) is 17.5 Å². The van der Waals surface area contributed by atoms with Gasteiger partial charge in [-0.15, -0.1) is 0 Å². The van der Waals surface area contributed by atoms with Gasteiger partial charge in [0.1, 0.15) is 0 Å². The van der Waals surface area contributed by atoms with Crippen molar-refractivity contribution >= 4 is 21.9 Å². The largest absolute Gasteiger partial charge is 0.348 e. The Hall–Kier alpha value is -1.54. The van der Waals surface area contributed by atoms with Crippen molar-refractivity contribution in [3.05, 3.63) is 33.8 Å². The van der Waals surface area contributed by atoms with Gasteiger partial charge in [0, 0.05) is 4.47 Å². The molecule has 0 saturated carbocycles. The van der Waals surface area contributed by atoms with Gasteiger partial charge in [-0.1, -0.05) is 22.0 Å². The van der Waals surface area contributed by atoms with Crippen molar-refractivity contribution in [3.8, 4) is 6.19 Å². The topological polar surface area (TPSA) is 60.2 Å². The van der Waals surface area contributed by atoms with Crippen molar-refractivity contribution < 1.29 is 0 Å². The first kappa shape index (κ1) is 11.5. The summed E-state index contributed by atoms with van der Waals surface area (Å²) in [5.74, 6) is 0.607. The molecule has 18 heavy (non-hydrogen) atoms. The fourth-order valence-corrected chi connectivity index (χ4v) is 3.16. The Kier molecular flexibility index (Phi) is 2.75. The molecule has 0 amide bonds. The van der Waals surface area contributed by atoms with E-state index in [0.29, 0.717) is 5.96 Å². The molecule has 2 aliphatic rings. The first-order valence-corrected chi connectivity index (χ1v) is 6.75. The summed E-state index contributed by atoms with van der Waals surface area (Å²) in [4.78, 5) is 4.36. The second-order valence-corrected chi connectivity index (χ2v) is 5.81. The van der Waals surface area contributed by atoms with Gasteiger partial charge in [-0.25, -0.2) is 4.99 Å². The van der Waals surface area contributed by atoms with Crippen molar-refractivity contribution in [2.75, 3.05) is 6.54 Å². The lowest BCUT2D eigenvalue weighted by atomic mass is 9.78. The van der Waals surface area contributed by atoms with Crippen LogP contribution < -0.4 is 10.6 Å². The Bertz CT molecular complexity index is 561. The van der Waals surface area contributed by atoms with Gasteiger partial charge in [0.25, 0.3) is 0 Å². The molecule has 2 N–H and O–H groups in total. The molecule has 1 aromatic rings. The Balaban J connectivity index is 1.82. The Morgan fingerprint density at radius 3 is 3.17 bits per heavy atom. The van der Waals surface area contributed by atoms with E-state index < -0.39 is 0 Å². The summed E-state index contributed by atoms with van der Waals surface area (Å²) in [6.07, 6.45) is 4.99. The summed E-state index contributed by atoms with van der Waals surface area (Å²) in [6, 6.07) is 6.47. The molecule has 1 atom stereocenters. The van der Waals surface area contributed by atoms with Crippen molar-refractivity contribution in [3.63, 3.8) is 0 Å². The summed E-state index contributed by atoms with van der Waals surface area (Å²) >= 11 is 3.52. The standard InChI is InChI=1S/C13H13BrN4/c14-11-2-1-9-3-4-13(6-10(9)5-11)7-16-12(18-13)17-8-15/h1-2,5H,3-4,6-7H2,(H2,16,17,18). The average Bonchev–Trinajstić information content (AvgIpc) is 2.72. The van der Waals surface area contributed by atoms with Crippen molar-refractivity contribution in [1.82, 2.24) is 10.6 Å². The molecule has 1 aliphatic carbocycles. The molecule has 1 aromatic carbocycles. The second kappa shape index (κ2) is 4.29. The number of hydrogen-bond donors (Lipinski definition) is 2. The van der Waals surface area contributed by atoms with Crippen molar-refractivity contribution in [2.24, 2.45) is 4.99 Å². The van der Waals surface area contributed by atoms with E-state index in [0.717, 1.165) is 30.3 Å². The van der Waals surface area contributed by atoms with E-state index in [4.69, 9.17) is 5.26 Å². The van der Waals surface area contributed by atoms with Gasteiger partial charge in [-0.3, -0.25) is 5.32 Å². The van der Waals surface area contributed by atoms with Crippen LogP contribution in [0.5, 0.6) is 0 Å². The van der Waals surface area contributed by atoms with E-state index in [1.165, 1.54) is 11.1 Å². The number of aliphatic imine (C=N–C) groups is 1. The number of guanidine groups is 1. The summed E-state index contributed by atoms with van der Waals surface area (Å²) in [6.45, 7) is 0.739. The molecule has 0 aromatic heterocycles. The molecule has 1 spiro atoms. The van der Waals surface area contributed by atoms with Crippen LogP contribution in [0.3, 0.4) is 0 Å². The molecule has 1 unspecified atom stereocenters. The maximum absolute atomic E-state index is 8.62. The molecule has 4 nitrogen and oxygen atoms in total. The highest BCUT2D eigenvalue weighted by Crippen LogP contribution is 2.32. The first-order valence-electron chi connectivity index (χ1n) is 5.96. The van der Waals surface area contributed by atoms with Crippen LogP contribution in [0.15, 0.2) is 27.7 Å². The van der Waals surface area contributed by atoms with Gasteiger partial charge < -0.3 is 5.32 Å². The summed E-state index contributed by atoms with van der Waals surface area (Å²) in [5.41, 5.74) is 2.79. The first-order chi connectivity index (χ1) is 8.71. The lowest BCUT2D eigenvalue weighted by Crippen LogP contribution is -2.52. The molecule has 0 bridgehead atoms. The van der Waals surface area contributed by atoms with Gasteiger partial charge in [-0.2, -0.15) is 5.26 Å². The third kappa shape index (κ3) is 1.97.